The van der Waals surface area contributed by atoms with E-state index in [0.29, 0.717) is 36.1 Å². The first-order valence-electron chi connectivity index (χ1n) is 8.96. The largest absolute Gasteiger partial charge is 0.416 e. The lowest BCUT2D eigenvalue weighted by Crippen LogP contribution is -2.10. The molecule has 3 rings (SSSR count). The number of halogens is 3. The van der Waals surface area contributed by atoms with Crippen LogP contribution in [0.2, 0.25) is 0 Å². The molecule has 0 amide bonds. The second-order valence-electron chi connectivity index (χ2n) is 6.30. The van der Waals surface area contributed by atoms with E-state index < -0.39 is 11.7 Å². The summed E-state index contributed by atoms with van der Waals surface area (Å²) in [6, 6.07) is 9.18. The minimum Gasteiger partial charge on any atom is -0.396 e. The summed E-state index contributed by atoms with van der Waals surface area (Å²) in [5.41, 5.74) is 1.06. The van der Waals surface area contributed by atoms with Crippen LogP contribution in [0.3, 0.4) is 0 Å². The van der Waals surface area contributed by atoms with Crippen LogP contribution >= 0.6 is 0 Å². The van der Waals surface area contributed by atoms with Gasteiger partial charge in [-0.2, -0.15) is 18.2 Å². The molecule has 2 heterocycles. The van der Waals surface area contributed by atoms with Gasteiger partial charge in [0.15, 0.2) is 0 Å². The number of nitrogens with one attached hydrogen (secondary N) is 2. The van der Waals surface area contributed by atoms with Crippen LogP contribution in [0, 0.1) is 6.92 Å². The van der Waals surface area contributed by atoms with Crippen LogP contribution in [-0.4, -0.2) is 33.2 Å². The van der Waals surface area contributed by atoms with E-state index in [-0.39, 0.29) is 12.2 Å². The SMILES string of the molecule is Cc1c(Nc2cc(-c3ccncc3)nc(NCCCO)n2)cccc1C(F)(F)F. The monoisotopic (exact) mass is 403 g/mol. The number of hydrogen-bond acceptors (Lipinski definition) is 6. The summed E-state index contributed by atoms with van der Waals surface area (Å²) in [7, 11) is 0. The third-order valence-corrected chi connectivity index (χ3v) is 4.22. The quantitative estimate of drug-likeness (QED) is 0.507. The molecule has 0 spiro atoms. The van der Waals surface area contributed by atoms with Crippen molar-refractivity contribution in [1.29, 1.82) is 0 Å². The van der Waals surface area contributed by atoms with Gasteiger partial charge in [-0.3, -0.25) is 4.98 Å². The summed E-state index contributed by atoms with van der Waals surface area (Å²) >= 11 is 0. The molecular formula is C20H20F3N5O. The van der Waals surface area contributed by atoms with Gasteiger partial charge < -0.3 is 15.7 Å². The summed E-state index contributed by atoms with van der Waals surface area (Å²) in [6.07, 6.45) is -0.675. The van der Waals surface area contributed by atoms with Gasteiger partial charge in [0.05, 0.1) is 11.3 Å². The number of alkyl halides is 3. The van der Waals surface area contributed by atoms with Crippen molar-refractivity contribution in [2.24, 2.45) is 0 Å². The van der Waals surface area contributed by atoms with E-state index in [9.17, 15) is 13.2 Å². The fourth-order valence-corrected chi connectivity index (χ4v) is 2.76. The molecule has 9 heteroatoms. The fourth-order valence-electron chi connectivity index (χ4n) is 2.76. The molecule has 0 aliphatic carbocycles. The number of aliphatic hydroxyl groups is 1. The van der Waals surface area contributed by atoms with E-state index in [4.69, 9.17) is 5.11 Å². The number of anilines is 3. The van der Waals surface area contributed by atoms with Crippen LogP contribution < -0.4 is 10.6 Å². The Morgan fingerprint density at radius 3 is 2.52 bits per heavy atom. The van der Waals surface area contributed by atoms with Crippen LogP contribution in [0.4, 0.5) is 30.6 Å². The Bertz CT molecular complexity index is 964. The van der Waals surface area contributed by atoms with Crippen LogP contribution in [0.25, 0.3) is 11.3 Å². The molecule has 0 aliphatic rings. The predicted molar refractivity (Wildman–Crippen MR) is 105 cm³/mol. The molecule has 0 aliphatic heterocycles. The lowest BCUT2D eigenvalue weighted by atomic mass is 10.1. The average molecular weight is 403 g/mol. The molecule has 0 atom stereocenters. The number of nitrogens with zero attached hydrogens (tertiary/aromatic N) is 3. The van der Waals surface area contributed by atoms with Crippen molar-refractivity contribution in [3.63, 3.8) is 0 Å². The highest BCUT2D eigenvalue weighted by Gasteiger charge is 2.32. The van der Waals surface area contributed by atoms with Crippen molar-refractivity contribution >= 4 is 17.5 Å². The lowest BCUT2D eigenvalue weighted by molar-refractivity contribution is -0.138. The fraction of sp³-hybridized carbons (Fsp3) is 0.250. The Kier molecular flexibility index (Phi) is 6.28. The van der Waals surface area contributed by atoms with Crippen molar-refractivity contribution < 1.29 is 18.3 Å². The highest BCUT2D eigenvalue weighted by atomic mass is 19.4. The summed E-state index contributed by atoms with van der Waals surface area (Å²) in [5.74, 6) is 0.653. The highest BCUT2D eigenvalue weighted by molar-refractivity contribution is 5.69. The molecule has 152 valence electrons. The van der Waals surface area contributed by atoms with Crippen LogP contribution in [-0.2, 0) is 6.18 Å². The van der Waals surface area contributed by atoms with Crippen molar-refractivity contribution in [2.45, 2.75) is 19.5 Å². The first-order valence-corrected chi connectivity index (χ1v) is 8.96. The van der Waals surface area contributed by atoms with Gasteiger partial charge in [-0.25, -0.2) is 4.98 Å². The topological polar surface area (TPSA) is 83.0 Å². The Balaban J connectivity index is 1.97. The maximum absolute atomic E-state index is 13.2. The van der Waals surface area contributed by atoms with Crippen molar-refractivity contribution in [1.82, 2.24) is 15.0 Å². The molecule has 29 heavy (non-hydrogen) atoms. The van der Waals surface area contributed by atoms with Crippen molar-refractivity contribution in [2.75, 3.05) is 23.8 Å². The second kappa shape index (κ2) is 8.87. The summed E-state index contributed by atoms with van der Waals surface area (Å²) < 4.78 is 39.6. The van der Waals surface area contributed by atoms with E-state index in [1.807, 2.05) is 0 Å². The molecule has 6 nitrogen and oxygen atoms in total. The van der Waals surface area contributed by atoms with Gasteiger partial charge in [0.2, 0.25) is 5.95 Å². The van der Waals surface area contributed by atoms with E-state index in [2.05, 4.69) is 25.6 Å². The van der Waals surface area contributed by atoms with Crippen LogP contribution in [0.1, 0.15) is 17.5 Å². The molecule has 0 unspecified atom stereocenters. The van der Waals surface area contributed by atoms with Gasteiger partial charge in [0, 0.05) is 42.9 Å². The average Bonchev–Trinajstić information content (AvgIpc) is 2.69. The van der Waals surface area contributed by atoms with Gasteiger partial charge in [-0.15, -0.1) is 0 Å². The number of aliphatic hydroxyl groups excluding tert-OH is 1. The molecular weight excluding hydrogens is 383 g/mol. The Hall–Kier alpha value is -3.20. The summed E-state index contributed by atoms with van der Waals surface area (Å²) in [5, 5.41) is 14.9. The first kappa shape index (κ1) is 20.5. The van der Waals surface area contributed by atoms with Crippen LogP contribution in [0.5, 0.6) is 0 Å². The molecule has 0 fully saturated rings. The third kappa shape index (κ3) is 5.20. The van der Waals surface area contributed by atoms with Gasteiger partial charge in [-0.1, -0.05) is 6.07 Å². The second-order valence-corrected chi connectivity index (χ2v) is 6.30. The number of pyridine rings is 1. The standard InChI is InChI=1S/C20H20F3N5O/c1-13-15(20(21,22)23)4-2-5-16(13)26-18-12-17(14-6-9-24-10-7-14)27-19(28-18)25-8-3-11-29/h2,4-7,9-10,12,29H,3,8,11H2,1H3,(H2,25,26,27,28). The van der Waals surface area contributed by atoms with Gasteiger partial charge in [0.25, 0.3) is 0 Å². The van der Waals surface area contributed by atoms with Crippen molar-refractivity contribution in [3.05, 3.63) is 59.9 Å². The first-order chi connectivity index (χ1) is 13.9. The molecule has 0 radical (unpaired) electrons. The van der Waals surface area contributed by atoms with Gasteiger partial charge >= 0.3 is 6.18 Å². The molecule has 0 bridgehead atoms. The maximum atomic E-state index is 13.2. The smallest absolute Gasteiger partial charge is 0.396 e. The normalized spacial score (nSPS) is 11.3. The van der Waals surface area contributed by atoms with Gasteiger partial charge in [0.1, 0.15) is 5.82 Å². The van der Waals surface area contributed by atoms with E-state index in [1.165, 1.54) is 13.0 Å². The zero-order valence-electron chi connectivity index (χ0n) is 15.7. The molecule has 3 N–H and O–H groups in total. The van der Waals surface area contributed by atoms with Crippen molar-refractivity contribution in [3.8, 4) is 11.3 Å². The zero-order valence-corrected chi connectivity index (χ0v) is 15.7. The third-order valence-electron chi connectivity index (χ3n) is 4.22. The summed E-state index contributed by atoms with van der Waals surface area (Å²) in [6.45, 7) is 1.89. The van der Waals surface area contributed by atoms with E-state index >= 15 is 0 Å². The van der Waals surface area contributed by atoms with E-state index in [1.54, 1.807) is 36.7 Å². The highest BCUT2D eigenvalue weighted by Crippen LogP contribution is 2.35. The predicted octanol–water partition coefficient (Wildman–Crippen LogP) is 4.40. The minimum atomic E-state index is -4.44. The zero-order chi connectivity index (χ0) is 20.9. The van der Waals surface area contributed by atoms with Crippen LogP contribution in [0.15, 0.2) is 48.8 Å². The maximum Gasteiger partial charge on any atom is 0.416 e. The molecule has 0 saturated heterocycles. The number of rotatable bonds is 7. The Morgan fingerprint density at radius 2 is 1.83 bits per heavy atom. The molecule has 2 aromatic heterocycles. The summed E-state index contributed by atoms with van der Waals surface area (Å²) in [4.78, 5) is 12.8. The molecule has 1 aromatic carbocycles. The Morgan fingerprint density at radius 1 is 1.07 bits per heavy atom. The van der Waals surface area contributed by atoms with E-state index in [0.717, 1.165) is 11.6 Å². The molecule has 3 aromatic rings. The number of aromatic nitrogens is 3. The van der Waals surface area contributed by atoms with Gasteiger partial charge in [-0.05, 0) is 43.2 Å². The number of benzene rings is 1. The number of hydrogen-bond donors (Lipinski definition) is 3. The minimum absolute atomic E-state index is 0.0194. The Labute approximate surface area is 165 Å². The lowest BCUT2D eigenvalue weighted by Gasteiger charge is -2.16. The molecule has 0 saturated carbocycles.